The van der Waals surface area contributed by atoms with E-state index in [1.54, 1.807) is 0 Å². The Kier molecular flexibility index (Phi) is 7.14. The van der Waals surface area contributed by atoms with E-state index in [0.29, 0.717) is 6.04 Å². The Morgan fingerprint density at radius 2 is 2.00 bits per heavy atom. The Labute approximate surface area is 108 Å². The van der Waals surface area contributed by atoms with Crippen LogP contribution in [0.25, 0.3) is 0 Å². The lowest BCUT2D eigenvalue weighted by molar-refractivity contribution is 0.117. The summed E-state index contributed by atoms with van der Waals surface area (Å²) >= 11 is 0. The van der Waals surface area contributed by atoms with E-state index in [4.69, 9.17) is 4.74 Å². The van der Waals surface area contributed by atoms with Crippen molar-refractivity contribution >= 4 is 0 Å². The van der Waals surface area contributed by atoms with Crippen LogP contribution >= 0.6 is 0 Å². The highest BCUT2D eigenvalue weighted by Crippen LogP contribution is 2.29. The molecule has 0 aliphatic heterocycles. The van der Waals surface area contributed by atoms with Gasteiger partial charge in [-0.3, -0.25) is 0 Å². The van der Waals surface area contributed by atoms with Gasteiger partial charge in [0.1, 0.15) is 0 Å². The zero-order valence-corrected chi connectivity index (χ0v) is 12.2. The summed E-state index contributed by atoms with van der Waals surface area (Å²) in [5.41, 5.74) is 0. The van der Waals surface area contributed by atoms with Crippen molar-refractivity contribution in [1.82, 2.24) is 5.32 Å². The molecule has 3 unspecified atom stereocenters. The maximum absolute atomic E-state index is 5.47. The van der Waals surface area contributed by atoms with Crippen LogP contribution in [0.5, 0.6) is 0 Å². The number of nitrogens with one attached hydrogen (secondary N) is 1. The largest absolute Gasteiger partial charge is 0.380 e. The van der Waals surface area contributed by atoms with Crippen LogP contribution in [0.1, 0.15) is 59.8 Å². The third-order valence-corrected chi connectivity index (χ3v) is 3.68. The van der Waals surface area contributed by atoms with Crippen LogP contribution in [0.3, 0.4) is 0 Å². The van der Waals surface area contributed by atoms with Gasteiger partial charge in [-0.15, -0.1) is 0 Å². The maximum atomic E-state index is 5.47. The summed E-state index contributed by atoms with van der Waals surface area (Å²) in [6.07, 6.45) is 6.96. The van der Waals surface area contributed by atoms with Gasteiger partial charge >= 0.3 is 0 Å². The molecule has 0 radical (unpaired) electrons. The minimum Gasteiger partial charge on any atom is -0.380 e. The number of hydrogen-bond acceptors (Lipinski definition) is 2. The molecule has 1 fully saturated rings. The number of ether oxygens (including phenoxy) is 1. The first-order valence-corrected chi connectivity index (χ1v) is 7.45. The molecule has 1 aliphatic rings. The SMILES string of the molecule is CCOCC(C)NC1CCCC(CC(C)C)C1. The van der Waals surface area contributed by atoms with Gasteiger partial charge in [0.25, 0.3) is 0 Å². The molecule has 0 aromatic rings. The van der Waals surface area contributed by atoms with E-state index in [2.05, 4.69) is 33.0 Å². The molecule has 1 rings (SSSR count). The molecule has 0 amide bonds. The second kappa shape index (κ2) is 8.10. The van der Waals surface area contributed by atoms with E-state index in [1.807, 2.05) is 0 Å². The van der Waals surface area contributed by atoms with Gasteiger partial charge < -0.3 is 10.1 Å². The molecule has 102 valence electrons. The lowest BCUT2D eigenvalue weighted by atomic mass is 9.81. The van der Waals surface area contributed by atoms with Crippen molar-refractivity contribution in [3.8, 4) is 0 Å². The highest BCUT2D eigenvalue weighted by molar-refractivity contribution is 4.80. The van der Waals surface area contributed by atoms with E-state index in [1.165, 1.54) is 32.1 Å². The van der Waals surface area contributed by atoms with Crippen molar-refractivity contribution < 1.29 is 4.74 Å². The Hall–Kier alpha value is -0.0800. The summed E-state index contributed by atoms with van der Waals surface area (Å²) in [5, 5.41) is 3.73. The molecule has 0 bridgehead atoms. The smallest absolute Gasteiger partial charge is 0.0616 e. The first-order chi connectivity index (χ1) is 8.11. The van der Waals surface area contributed by atoms with Gasteiger partial charge in [0, 0.05) is 18.7 Å². The van der Waals surface area contributed by atoms with Gasteiger partial charge in [0.05, 0.1) is 6.61 Å². The topological polar surface area (TPSA) is 21.3 Å². The van der Waals surface area contributed by atoms with Gasteiger partial charge in [0.15, 0.2) is 0 Å². The van der Waals surface area contributed by atoms with Crippen LogP contribution < -0.4 is 5.32 Å². The summed E-state index contributed by atoms with van der Waals surface area (Å²) in [7, 11) is 0. The van der Waals surface area contributed by atoms with Gasteiger partial charge in [-0.05, 0) is 44.9 Å². The fraction of sp³-hybridized carbons (Fsp3) is 1.00. The number of hydrogen-bond donors (Lipinski definition) is 1. The monoisotopic (exact) mass is 241 g/mol. The second-order valence-corrected chi connectivity index (χ2v) is 6.09. The molecule has 0 heterocycles. The lowest BCUT2D eigenvalue weighted by Crippen LogP contribution is -2.42. The van der Waals surface area contributed by atoms with E-state index < -0.39 is 0 Å². The standard InChI is InChI=1S/C15H31NO/c1-5-17-11-13(4)16-15-8-6-7-14(10-15)9-12(2)3/h12-16H,5-11H2,1-4H3. The Balaban J connectivity index is 2.24. The Morgan fingerprint density at radius 3 is 2.65 bits per heavy atom. The molecule has 0 aromatic heterocycles. The molecule has 3 atom stereocenters. The minimum absolute atomic E-state index is 0.498. The van der Waals surface area contributed by atoms with E-state index in [0.717, 1.165) is 31.1 Å². The van der Waals surface area contributed by atoms with Crippen molar-refractivity contribution in [2.24, 2.45) is 11.8 Å². The molecular formula is C15H31NO. The first kappa shape index (κ1) is 15.0. The average Bonchev–Trinajstić information content (AvgIpc) is 2.26. The molecule has 1 aliphatic carbocycles. The first-order valence-electron chi connectivity index (χ1n) is 7.45. The van der Waals surface area contributed by atoms with Crippen LogP contribution in [0.4, 0.5) is 0 Å². The van der Waals surface area contributed by atoms with Crippen molar-refractivity contribution in [1.29, 1.82) is 0 Å². The molecule has 0 saturated heterocycles. The Morgan fingerprint density at radius 1 is 1.24 bits per heavy atom. The van der Waals surface area contributed by atoms with Gasteiger partial charge in [-0.1, -0.05) is 26.7 Å². The van der Waals surface area contributed by atoms with Crippen molar-refractivity contribution in [2.45, 2.75) is 71.9 Å². The quantitative estimate of drug-likeness (QED) is 0.735. The summed E-state index contributed by atoms with van der Waals surface area (Å²) in [5.74, 6) is 1.79. The molecular weight excluding hydrogens is 210 g/mol. The van der Waals surface area contributed by atoms with Crippen LogP contribution in [-0.4, -0.2) is 25.3 Å². The van der Waals surface area contributed by atoms with Crippen LogP contribution in [-0.2, 0) is 4.74 Å². The predicted molar refractivity (Wildman–Crippen MR) is 74.3 cm³/mol. The highest BCUT2D eigenvalue weighted by Gasteiger charge is 2.23. The summed E-state index contributed by atoms with van der Waals surface area (Å²) in [6.45, 7) is 10.7. The van der Waals surface area contributed by atoms with Crippen molar-refractivity contribution in [2.75, 3.05) is 13.2 Å². The summed E-state index contributed by atoms with van der Waals surface area (Å²) in [4.78, 5) is 0. The van der Waals surface area contributed by atoms with Crippen LogP contribution in [0.2, 0.25) is 0 Å². The zero-order valence-electron chi connectivity index (χ0n) is 12.2. The average molecular weight is 241 g/mol. The molecule has 0 aromatic carbocycles. The Bertz CT molecular complexity index is 193. The van der Waals surface area contributed by atoms with Gasteiger partial charge in [0.2, 0.25) is 0 Å². The molecule has 0 spiro atoms. The van der Waals surface area contributed by atoms with Crippen molar-refractivity contribution in [3.63, 3.8) is 0 Å². The molecule has 1 N–H and O–H groups in total. The maximum Gasteiger partial charge on any atom is 0.0616 e. The molecule has 2 heteroatoms. The lowest BCUT2D eigenvalue weighted by Gasteiger charge is -2.32. The predicted octanol–water partition coefficient (Wildman–Crippen LogP) is 3.61. The number of rotatable bonds is 7. The fourth-order valence-electron chi connectivity index (χ4n) is 3.07. The van der Waals surface area contributed by atoms with Gasteiger partial charge in [-0.25, -0.2) is 0 Å². The highest BCUT2D eigenvalue weighted by atomic mass is 16.5. The summed E-state index contributed by atoms with van der Waals surface area (Å²) < 4.78 is 5.47. The van der Waals surface area contributed by atoms with Gasteiger partial charge in [-0.2, -0.15) is 0 Å². The van der Waals surface area contributed by atoms with Crippen LogP contribution in [0, 0.1) is 11.8 Å². The molecule has 2 nitrogen and oxygen atoms in total. The third kappa shape index (κ3) is 6.42. The summed E-state index contributed by atoms with van der Waals surface area (Å²) in [6, 6.07) is 1.22. The van der Waals surface area contributed by atoms with E-state index in [9.17, 15) is 0 Å². The molecule has 1 saturated carbocycles. The normalized spacial score (nSPS) is 27.4. The van der Waals surface area contributed by atoms with Crippen LogP contribution in [0.15, 0.2) is 0 Å². The molecule has 17 heavy (non-hydrogen) atoms. The zero-order chi connectivity index (χ0) is 12.7. The van der Waals surface area contributed by atoms with Crippen molar-refractivity contribution in [3.05, 3.63) is 0 Å². The minimum atomic E-state index is 0.498. The third-order valence-electron chi connectivity index (χ3n) is 3.68. The van der Waals surface area contributed by atoms with E-state index in [-0.39, 0.29) is 0 Å². The van der Waals surface area contributed by atoms with E-state index >= 15 is 0 Å². The fourth-order valence-corrected chi connectivity index (χ4v) is 3.07. The second-order valence-electron chi connectivity index (χ2n) is 6.09.